The van der Waals surface area contributed by atoms with Gasteiger partial charge in [0.25, 0.3) is 0 Å². The molecule has 1 atom stereocenters. The van der Waals surface area contributed by atoms with Gasteiger partial charge in [0.2, 0.25) is 0 Å². The van der Waals surface area contributed by atoms with Gasteiger partial charge in [-0.15, -0.1) is 0 Å². The summed E-state index contributed by atoms with van der Waals surface area (Å²) in [5.41, 5.74) is 5.45. The van der Waals surface area contributed by atoms with Gasteiger partial charge in [0.15, 0.2) is 0 Å². The SMILES string of the molecule is Cc1ccc2c(c1-c1ccccc1)C=C(C(F)(F)F)[CH]2[Zr]([Cl])([Cl])[c]1cccc2c1[SiH2]c1ccccc1-2. The Morgan fingerprint density at radius 1 is 0.806 bits per heavy atom. The molecule has 0 fully saturated rings. The van der Waals surface area contributed by atoms with Crippen LogP contribution in [-0.2, 0) is 17.9 Å². The van der Waals surface area contributed by atoms with E-state index in [-0.39, 0.29) is 0 Å². The predicted molar refractivity (Wildman–Crippen MR) is 144 cm³/mol. The van der Waals surface area contributed by atoms with E-state index in [4.69, 9.17) is 17.0 Å². The van der Waals surface area contributed by atoms with Crippen LogP contribution in [0.3, 0.4) is 0 Å². The normalized spacial score (nSPS) is 17.1. The molecule has 1 heterocycles. The number of hydrogen-bond acceptors (Lipinski definition) is 0. The maximum atomic E-state index is 14.6. The minimum atomic E-state index is -4.70. The van der Waals surface area contributed by atoms with Gasteiger partial charge in [0.05, 0.1) is 0 Å². The zero-order valence-electron chi connectivity index (χ0n) is 19.3. The zero-order valence-corrected chi connectivity index (χ0v) is 24.7. The van der Waals surface area contributed by atoms with Crippen molar-refractivity contribution in [3.63, 3.8) is 0 Å². The minimum absolute atomic E-state index is 0.592. The molecular formula is C29H21Cl2F3SiZr. The van der Waals surface area contributed by atoms with E-state index in [1.807, 2.05) is 79.7 Å². The molecule has 0 saturated heterocycles. The fraction of sp³-hybridized carbons (Fsp3) is 0.103. The topological polar surface area (TPSA) is 0 Å². The van der Waals surface area contributed by atoms with Crippen LogP contribution in [0.25, 0.3) is 28.3 Å². The molecule has 0 N–H and O–H groups in total. The van der Waals surface area contributed by atoms with Crippen molar-refractivity contribution in [2.75, 3.05) is 0 Å². The monoisotopic (exact) mass is 614 g/mol. The van der Waals surface area contributed by atoms with Crippen molar-refractivity contribution >= 4 is 46.3 Å². The second-order valence-corrected chi connectivity index (χ2v) is 25.3. The number of allylic oxidation sites excluding steroid dienone is 1. The third-order valence-electron chi connectivity index (χ3n) is 7.37. The Morgan fingerprint density at radius 2 is 1.50 bits per heavy atom. The Morgan fingerprint density at radius 3 is 2.25 bits per heavy atom. The number of aryl methyl sites for hydroxylation is 1. The Hall–Kier alpha value is -1.91. The van der Waals surface area contributed by atoms with E-state index in [9.17, 15) is 13.2 Å². The van der Waals surface area contributed by atoms with Crippen LogP contribution in [0.15, 0.2) is 90.5 Å². The maximum absolute atomic E-state index is 14.6. The van der Waals surface area contributed by atoms with Crippen LogP contribution in [-0.4, -0.2) is 15.7 Å². The number of fused-ring (bicyclic) bond motifs is 4. The predicted octanol–water partition coefficient (Wildman–Crippen LogP) is 6.55. The number of hydrogen-bond donors (Lipinski definition) is 0. The van der Waals surface area contributed by atoms with Crippen molar-refractivity contribution in [1.82, 2.24) is 0 Å². The van der Waals surface area contributed by atoms with Crippen molar-refractivity contribution in [3.05, 3.63) is 107 Å². The van der Waals surface area contributed by atoms with Gasteiger partial charge in [0, 0.05) is 0 Å². The number of rotatable bonds is 3. The second kappa shape index (κ2) is 8.84. The summed E-state index contributed by atoms with van der Waals surface area (Å²) in [6.45, 7) is 1.93. The van der Waals surface area contributed by atoms with Crippen LogP contribution in [0, 0.1) is 6.92 Å². The van der Waals surface area contributed by atoms with E-state index >= 15 is 0 Å². The summed E-state index contributed by atoms with van der Waals surface area (Å²) in [5, 5.41) is 2.40. The van der Waals surface area contributed by atoms with Crippen molar-refractivity contribution < 1.29 is 31.1 Å². The van der Waals surface area contributed by atoms with Gasteiger partial charge in [-0.25, -0.2) is 0 Å². The summed E-state index contributed by atoms with van der Waals surface area (Å²) in [6.07, 6.45) is -3.23. The first-order valence-electron chi connectivity index (χ1n) is 11.7. The van der Waals surface area contributed by atoms with E-state index in [1.54, 1.807) is 0 Å². The summed E-state index contributed by atoms with van der Waals surface area (Å²) >= 11 is -4.70. The van der Waals surface area contributed by atoms with Crippen LogP contribution in [0.4, 0.5) is 13.2 Å². The van der Waals surface area contributed by atoms with Crippen molar-refractivity contribution in [2.45, 2.75) is 16.7 Å². The summed E-state index contributed by atoms with van der Waals surface area (Å²) in [4.78, 5) is 0. The fourth-order valence-corrected chi connectivity index (χ4v) is 22.3. The Balaban J connectivity index is 1.56. The van der Waals surface area contributed by atoms with Crippen molar-refractivity contribution in [1.29, 1.82) is 0 Å². The summed E-state index contributed by atoms with van der Waals surface area (Å²) in [7, 11) is 13.7. The summed E-state index contributed by atoms with van der Waals surface area (Å²) in [5.74, 6) is 0. The van der Waals surface area contributed by atoms with Crippen molar-refractivity contribution in [2.24, 2.45) is 0 Å². The van der Waals surface area contributed by atoms with E-state index in [0.717, 1.165) is 36.3 Å². The van der Waals surface area contributed by atoms with Gasteiger partial charge in [-0.1, -0.05) is 0 Å². The quantitative estimate of drug-likeness (QED) is 0.202. The van der Waals surface area contributed by atoms with E-state index < -0.39 is 42.8 Å². The molecule has 4 aromatic rings. The molecule has 7 heteroatoms. The first kappa shape index (κ1) is 24.4. The van der Waals surface area contributed by atoms with Gasteiger partial charge in [-0.05, 0) is 0 Å². The van der Waals surface area contributed by atoms with E-state index in [2.05, 4.69) is 12.1 Å². The van der Waals surface area contributed by atoms with Crippen LogP contribution in [0.1, 0.15) is 20.3 Å². The van der Waals surface area contributed by atoms with Crippen LogP contribution in [0.5, 0.6) is 0 Å². The molecule has 0 spiro atoms. The van der Waals surface area contributed by atoms with Gasteiger partial charge in [-0.3, -0.25) is 0 Å². The van der Waals surface area contributed by atoms with Gasteiger partial charge < -0.3 is 0 Å². The van der Waals surface area contributed by atoms with Crippen LogP contribution < -0.4 is 13.6 Å². The molecule has 1 unspecified atom stereocenters. The summed E-state index contributed by atoms with van der Waals surface area (Å²) in [6, 6.07) is 27.3. The fourth-order valence-electron chi connectivity index (χ4n) is 5.81. The molecule has 0 nitrogen and oxygen atoms in total. The number of alkyl halides is 3. The molecule has 0 amide bonds. The van der Waals surface area contributed by atoms with Gasteiger partial charge in [0.1, 0.15) is 0 Å². The summed E-state index contributed by atoms with van der Waals surface area (Å²) < 4.78 is 43.6. The Bertz CT molecular complexity index is 1540. The molecule has 4 aromatic carbocycles. The molecule has 1 aliphatic carbocycles. The molecule has 0 saturated carbocycles. The van der Waals surface area contributed by atoms with Gasteiger partial charge >= 0.3 is 223 Å². The third kappa shape index (κ3) is 3.82. The van der Waals surface area contributed by atoms with E-state index in [0.29, 0.717) is 11.1 Å². The average molecular weight is 617 g/mol. The number of benzene rings is 4. The molecule has 36 heavy (non-hydrogen) atoms. The average Bonchev–Trinajstić information content (AvgIpc) is 3.43. The van der Waals surface area contributed by atoms with Crippen LogP contribution >= 0.6 is 17.0 Å². The molecule has 6 rings (SSSR count). The van der Waals surface area contributed by atoms with Crippen LogP contribution in [0.2, 0.25) is 0 Å². The third-order valence-corrected chi connectivity index (χ3v) is 21.6. The molecule has 0 bridgehead atoms. The second-order valence-electron chi connectivity index (χ2n) is 9.45. The molecule has 0 aromatic heterocycles. The van der Waals surface area contributed by atoms with E-state index in [1.165, 1.54) is 11.3 Å². The zero-order chi connectivity index (χ0) is 25.2. The molecule has 0 radical (unpaired) electrons. The molecule has 1 aliphatic heterocycles. The first-order valence-corrected chi connectivity index (χ1v) is 22.1. The molecule has 2 aliphatic rings. The Labute approximate surface area is 222 Å². The van der Waals surface area contributed by atoms with Crippen molar-refractivity contribution in [3.8, 4) is 22.3 Å². The number of halogens is 5. The Kier molecular flexibility index (Phi) is 6.00. The van der Waals surface area contributed by atoms with Gasteiger partial charge in [-0.2, -0.15) is 0 Å². The standard InChI is InChI=1S/C17H12F3.C12H9Si.2ClH.Zr/c1-11-7-8-13-9-14(17(18,19)20)10-15(13)16(11)12-5-3-2-4-6-12;1-3-7-11-9(5-1)10-6-2-4-8-12(10)13-11;;;/h2-10H,1H3;1-7H,13H2;2*1H;/q;;;;+2/p-2. The first-order chi connectivity index (χ1) is 17.2. The molecule has 180 valence electrons. The molecular weight excluding hydrogens is 596 g/mol.